The van der Waals surface area contributed by atoms with Gasteiger partial charge in [0.1, 0.15) is 0 Å². The zero-order valence-corrected chi connectivity index (χ0v) is 13.8. The molecule has 116 valence electrons. The number of ether oxygens (including phenoxy) is 1. The summed E-state index contributed by atoms with van der Waals surface area (Å²) in [5.74, 6) is 0.689. The number of hydrogen-bond acceptors (Lipinski definition) is 4. The van der Waals surface area contributed by atoms with Crippen molar-refractivity contribution in [2.24, 2.45) is 0 Å². The van der Waals surface area contributed by atoms with Crippen LogP contribution in [0.2, 0.25) is 0 Å². The summed E-state index contributed by atoms with van der Waals surface area (Å²) in [4.78, 5) is 6.89. The first-order valence-corrected chi connectivity index (χ1v) is 6.80. The lowest BCUT2D eigenvalue weighted by Gasteiger charge is -2.35. The van der Waals surface area contributed by atoms with E-state index in [9.17, 15) is 0 Å². The quantitative estimate of drug-likeness (QED) is 0.904. The molecule has 1 N–H and O–H groups in total. The molecule has 0 unspecified atom stereocenters. The van der Waals surface area contributed by atoms with Gasteiger partial charge in [-0.25, -0.2) is 4.98 Å². The number of pyridine rings is 1. The molecule has 1 aromatic rings. The van der Waals surface area contributed by atoms with E-state index in [1.54, 1.807) is 7.11 Å². The van der Waals surface area contributed by atoms with E-state index in [1.807, 2.05) is 12.3 Å². The summed E-state index contributed by atoms with van der Waals surface area (Å²) in [6, 6.07) is 4.60. The molecule has 4 nitrogen and oxygen atoms in total. The third-order valence-corrected chi connectivity index (χ3v) is 3.51. The zero-order valence-electron chi connectivity index (χ0n) is 12.2. The molecule has 0 saturated carbocycles. The Labute approximate surface area is 134 Å². The largest absolute Gasteiger partial charge is 0.481 e. The van der Waals surface area contributed by atoms with Crippen molar-refractivity contribution in [3.8, 4) is 5.88 Å². The average Bonchev–Trinajstić information content (AvgIpc) is 2.46. The number of rotatable bonds is 5. The van der Waals surface area contributed by atoms with Gasteiger partial charge >= 0.3 is 0 Å². The van der Waals surface area contributed by atoms with Gasteiger partial charge in [-0.15, -0.1) is 24.8 Å². The highest BCUT2D eigenvalue weighted by Crippen LogP contribution is 2.26. The van der Waals surface area contributed by atoms with Gasteiger partial charge in [-0.1, -0.05) is 19.4 Å². The Hall–Kier alpha value is -0.550. The van der Waals surface area contributed by atoms with Gasteiger partial charge in [0.2, 0.25) is 5.88 Å². The fraction of sp³-hybridized carbons (Fsp3) is 0.643. The van der Waals surface area contributed by atoms with Crippen LogP contribution in [-0.2, 0) is 0 Å². The van der Waals surface area contributed by atoms with Crippen molar-refractivity contribution >= 4 is 24.8 Å². The first-order chi connectivity index (χ1) is 8.85. The van der Waals surface area contributed by atoms with E-state index < -0.39 is 0 Å². The third kappa shape index (κ3) is 5.09. The highest BCUT2D eigenvalue weighted by atomic mass is 35.5. The molecule has 6 heteroatoms. The van der Waals surface area contributed by atoms with Crippen molar-refractivity contribution in [3.63, 3.8) is 0 Å². The summed E-state index contributed by atoms with van der Waals surface area (Å²) < 4.78 is 5.12. The van der Waals surface area contributed by atoms with Crippen LogP contribution >= 0.6 is 24.8 Å². The molecule has 0 spiro atoms. The molecule has 1 aliphatic heterocycles. The van der Waals surface area contributed by atoms with Crippen LogP contribution in [0.4, 0.5) is 0 Å². The van der Waals surface area contributed by atoms with Crippen LogP contribution in [-0.4, -0.2) is 43.2 Å². The maximum absolute atomic E-state index is 5.12. The van der Waals surface area contributed by atoms with E-state index in [-0.39, 0.29) is 24.8 Å². The lowest BCUT2D eigenvalue weighted by Crippen LogP contribution is -2.45. The van der Waals surface area contributed by atoms with Gasteiger partial charge in [-0.2, -0.15) is 0 Å². The van der Waals surface area contributed by atoms with Gasteiger partial charge < -0.3 is 10.1 Å². The molecule has 1 saturated heterocycles. The number of aromatic nitrogens is 1. The van der Waals surface area contributed by atoms with Crippen LogP contribution in [0.5, 0.6) is 5.88 Å². The Morgan fingerprint density at radius 2 is 2.00 bits per heavy atom. The number of halogens is 2. The second-order valence-corrected chi connectivity index (χ2v) is 4.72. The summed E-state index contributed by atoms with van der Waals surface area (Å²) in [6.45, 7) is 6.66. The number of nitrogens with zero attached hydrogens (tertiary/aromatic N) is 2. The maximum atomic E-state index is 5.12. The first-order valence-electron chi connectivity index (χ1n) is 6.80. The number of piperazine rings is 1. The molecule has 2 rings (SSSR count). The second kappa shape index (κ2) is 10.2. The van der Waals surface area contributed by atoms with E-state index >= 15 is 0 Å². The summed E-state index contributed by atoms with van der Waals surface area (Å²) in [7, 11) is 1.65. The molecule has 0 amide bonds. The predicted molar refractivity (Wildman–Crippen MR) is 87.4 cm³/mol. The summed E-state index contributed by atoms with van der Waals surface area (Å²) in [5.41, 5.74) is 1.31. The van der Waals surface area contributed by atoms with Crippen molar-refractivity contribution in [1.29, 1.82) is 0 Å². The summed E-state index contributed by atoms with van der Waals surface area (Å²) in [5, 5.41) is 3.40. The topological polar surface area (TPSA) is 37.4 Å². The second-order valence-electron chi connectivity index (χ2n) is 4.72. The zero-order chi connectivity index (χ0) is 12.8. The Bertz CT molecular complexity index is 356. The van der Waals surface area contributed by atoms with Crippen LogP contribution in [0, 0.1) is 0 Å². The van der Waals surface area contributed by atoms with Gasteiger partial charge in [-0.3, -0.25) is 4.90 Å². The minimum absolute atomic E-state index is 0. The molecular formula is C14H25Cl2N3O. The van der Waals surface area contributed by atoms with Crippen LogP contribution in [0.15, 0.2) is 18.3 Å². The first kappa shape index (κ1) is 19.4. The van der Waals surface area contributed by atoms with E-state index in [0.717, 1.165) is 26.2 Å². The molecule has 0 aromatic carbocycles. The van der Waals surface area contributed by atoms with Crippen molar-refractivity contribution in [2.45, 2.75) is 25.8 Å². The Morgan fingerprint density at radius 1 is 1.30 bits per heavy atom. The highest BCUT2D eigenvalue weighted by molar-refractivity contribution is 5.85. The van der Waals surface area contributed by atoms with Crippen LogP contribution in [0.3, 0.4) is 0 Å². The monoisotopic (exact) mass is 321 g/mol. The summed E-state index contributed by atoms with van der Waals surface area (Å²) in [6.07, 6.45) is 4.34. The van der Waals surface area contributed by atoms with E-state index in [1.165, 1.54) is 18.4 Å². The Kier molecular flexibility index (Phi) is 9.94. The van der Waals surface area contributed by atoms with Crippen LogP contribution in [0.1, 0.15) is 31.4 Å². The lowest BCUT2D eigenvalue weighted by molar-refractivity contribution is 0.164. The van der Waals surface area contributed by atoms with Crippen molar-refractivity contribution in [2.75, 3.05) is 33.3 Å². The minimum Gasteiger partial charge on any atom is -0.481 e. The maximum Gasteiger partial charge on any atom is 0.212 e. The molecule has 2 heterocycles. The molecule has 20 heavy (non-hydrogen) atoms. The van der Waals surface area contributed by atoms with Gasteiger partial charge in [-0.05, 0) is 12.0 Å². The number of hydrogen-bond donors (Lipinski definition) is 1. The molecule has 1 fully saturated rings. The number of nitrogens with one attached hydrogen (secondary N) is 1. The molecule has 1 atom stereocenters. The van der Waals surface area contributed by atoms with Gasteiger partial charge in [0.15, 0.2) is 0 Å². The van der Waals surface area contributed by atoms with E-state index in [2.05, 4.69) is 28.2 Å². The van der Waals surface area contributed by atoms with Crippen molar-refractivity contribution < 1.29 is 4.74 Å². The summed E-state index contributed by atoms with van der Waals surface area (Å²) >= 11 is 0. The van der Waals surface area contributed by atoms with Gasteiger partial charge in [0.05, 0.1) is 7.11 Å². The Morgan fingerprint density at radius 3 is 2.50 bits per heavy atom. The average molecular weight is 322 g/mol. The molecule has 1 aromatic heterocycles. The molecule has 0 aliphatic carbocycles. The Balaban J connectivity index is 0.00000180. The van der Waals surface area contributed by atoms with Gasteiger partial charge in [0, 0.05) is 44.5 Å². The van der Waals surface area contributed by atoms with Crippen LogP contribution in [0.25, 0.3) is 0 Å². The normalized spacial score (nSPS) is 16.7. The van der Waals surface area contributed by atoms with E-state index in [4.69, 9.17) is 4.74 Å². The smallest absolute Gasteiger partial charge is 0.212 e. The predicted octanol–water partition coefficient (Wildman–Crippen LogP) is 2.68. The standard InChI is InChI=1S/C14H23N3O.2ClH/c1-3-4-13(17-9-7-15-8-10-17)12-5-6-14(18-2)16-11-12;;/h5-6,11,13,15H,3-4,7-10H2,1-2H3;2*1H/t13-;;/m1../s1. The third-order valence-electron chi connectivity index (χ3n) is 3.51. The fourth-order valence-electron chi connectivity index (χ4n) is 2.54. The number of methoxy groups -OCH3 is 1. The van der Waals surface area contributed by atoms with Crippen molar-refractivity contribution in [1.82, 2.24) is 15.2 Å². The van der Waals surface area contributed by atoms with Crippen LogP contribution < -0.4 is 10.1 Å². The van der Waals surface area contributed by atoms with Gasteiger partial charge in [0.25, 0.3) is 0 Å². The SMILES string of the molecule is CCC[C@H](c1ccc(OC)nc1)N1CCNCC1.Cl.Cl. The fourth-order valence-corrected chi connectivity index (χ4v) is 2.54. The molecule has 1 aliphatic rings. The lowest BCUT2D eigenvalue weighted by atomic mass is 10.0. The van der Waals surface area contributed by atoms with E-state index in [0.29, 0.717) is 11.9 Å². The minimum atomic E-state index is 0. The highest BCUT2D eigenvalue weighted by Gasteiger charge is 2.21. The molecular weight excluding hydrogens is 297 g/mol. The molecule has 0 radical (unpaired) electrons. The molecule has 0 bridgehead atoms. The van der Waals surface area contributed by atoms with Crippen molar-refractivity contribution in [3.05, 3.63) is 23.9 Å².